The first-order valence-corrected chi connectivity index (χ1v) is 8.22. The van der Waals surface area contributed by atoms with Crippen LogP contribution in [-0.4, -0.2) is 9.97 Å². The Morgan fingerprint density at radius 2 is 1.67 bits per heavy atom. The Morgan fingerprint density at radius 3 is 2.46 bits per heavy atom. The maximum Gasteiger partial charge on any atom is 0.229 e. The second-order valence-electron chi connectivity index (χ2n) is 5.68. The molecule has 0 radical (unpaired) electrons. The Hall–Kier alpha value is -2.88. The molecule has 0 saturated heterocycles. The fraction of sp³-hybridized carbons (Fsp3) is 0.200. The molecule has 0 unspecified atom stereocenters. The van der Waals surface area contributed by atoms with Crippen molar-refractivity contribution in [3.8, 4) is 0 Å². The van der Waals surface area contributed by atoms with Crippen LogP contribution in [0.4, 0.5) is 17.5 Å². The molecule has 3 rings (SSSR count). The third kappa shape index (κ3) is 3.90. The van der Waals surface area contributed by atoms with Crippen LogP contribution in [0.15, 0.2) is 60.8 Å². The number of hydrogen-bond acceptors (Lipinski definition) is 4. The molecule has 0 aliphatic heterocycles. The first-order valence-electron chi connectivity index (χ1n) is 8.22. The van der Waals surface area contributed by atoms with Gasteiger partial charge in [0.1, 0.15) is 5.82 Å². The molecule has 2 N–H and O–H groups in total. The van der Waals surface area contributed by atoms with Crippen molar-refractivity contribution in [1.29, 1.82) is 0 Å². The summed E-state index contributed by atoms with van der Waals surface area (Å²) in [5.41, 5.74) is 4.84. The Morgan fingerprint density at radius 1 is 0.917 bits per heavy atom. The maximum atomic E-state index is 4.55. The van der Waals surface area contributed by atoms with Crippen molar-refractivity contribution in [2.24, 2.45) is 0 Å². The number of anilines is 3. The predicted octanol–water partition coefficient (Wildman–Crippen LogP) is 4.70. The van der Waals surface area contributed by atoms with Crippen LogP contribution in [0.2, 0.25) is 0 Å². The highest BCUT2D eigenvalue weighted by Gasteiger charge is 2.04. The second-order valence-corrected chi connectivity index (χ2v) is 5.68. The lowest BCUT2D eigenvalue weighted by Gasteiger charge is -2.11. The summed E-state index contributed by atoms with van der Waals surface area (Å²) in [6.45, 7) is 5.00. The summed E-state index contributed by atoms with van der Waals surface area (Å²) in [5, 5.41) is 6.68. The van der Waals surface area contributed by atoms with E-state index in [-0.39, 0.29) is 0 Å². The molecule has 0 bridgehead atoms. The highest BCUT2D eigenvalue weighted by molar-refractivity contribution is 5.59. The number of para-hydroxylation sites is 1. The van der Waals surface area contributed by atoms with Crippen molar-refractivity contribution >= 4 is 17.5 Å². The van der Waals surface area contributed by atoms with Crippen molar-refractivity contribution < 1.29 is 0 Å². The van der Waals surface area contributed by atoms with E-state index in [1.807, 2.05) is 18.2 Å². The molecular formula is C20H22N4. The smallest absolute Gasteiger partial charge is 0.229 e. The number of nitrogens with zero attached hydrogens (tertiary/aromatic N) is 2. The van der Waals surface area contributed by atoms with E-state index in [1.165, 1.54) is 16.7 Å². The van der Waals surface area contributed by atoms with E-state index in [1.54, 1.807) is 6.20 Å². The Balaban J connectivity index is 1.71. The molecule has 3 aromatic rings. The minimum atomic E-state index is 0.602. The lowest BCUT2D eigenvalue weighted by atomic mass is 10.1. The third-order valence-electron chi connectivity index (χ3n) is 4.02. The van der Waals surface area contributed by atoms with Crippen molar-refractivity contribution in [3.63, 3.8) is 0 Å². The summed E-state index contributed by atoms with van der Waals surface area (Å²) in [5.74, 6) is 1.41. The summed E-state index contributed by atoms with van der Waals surface area (Å²) in [7, 11) is 0. The van der Waals surface area contributed by atoms with E-state index < -0.39 is 0 Å². The quantitative estimate of drug-likeness (QED) is 0.691. The summed E-state index contributed by atoms with van der Waals surface area (Å²) in [6, 6.07) is 18.5. The Kier molecular flexibility index (Phi) is 5.06. The van der Waals surface area contributed by atoms with Gasteiger partial charge in [-0.25, -0.2) is 4.98 Å². The molecule has 0 aliphatic carbocycles. The molecule has 24 heavy (non-hydrogen) atoms. The number of hydrogen-bond donors (Lipinski definition) is 2. The molecular weight excluding hydrogens is 296 g/mol. The van der Waals surface area contributed by atoms with Crippen LogP contribution in [0.1, 0.15) is 23.6 Å². The predicted molar refractivity (Wildman–Crippen MR) is 99.6 cm³/mol. The number of aromatic nitrogens is 2. The second kappa shape index (κ2) is 7.59. The molecule has 4 heteroatoms. The maximum absolute atomic E-state index is 4.55. The minimum absolute atomic E-state index is 0.602. The number of benzene rings is 2. The fourth-order valence-electron chi connectivity index (χ4n) is 2.58. The van der Waals surface area contributed by atoms with Gasteiger partial charge in [-0.05, 0) is 42.2 Å². The van der Waals surface area contributed by atoms with E-state index in [0.717, 1.165) is 24.5 Å². The molecule has 122 valence electrons. The molecule has 2 aromatic carbocycles. The lowest BCUT2D eigenvalue weighted by molar-refractivity contribution is 1.07. The van der Waals surface area contributed by atoms with E-state index >= 15 is 0 Å². The zero-order chi connectivity index (χ0) is 16.8. The summed E-state index contributed by atoms with van der Waals surface area (Å²) < 4.78 is 0. The van der Waals surface area contributed by atoms with Gasteiger partial charge in [0.05, 0.1) is 0 Å². The monoisotopic (exact) mass is 318 g/mol. The van der Waals surface area contributed by atoms with Gasteiger partial charge in [-0.15, -0.1) is 0 Å². The molecule has 1 aromatic heterocycles. The molecule has 0 spiro atoms. The average Bonchev–Trinajstić information content (AvgIpc) is 2.62. The minimum Gasteiger partial charge on any atom is -0.366 e. The normalized spacial score (nSPS) is 10.4. The first kappa shape index (κ1) is 16.0. The molecule has 0 aliphatic rings. The van der Waals surface area contributed by atoms with Crippen molar-refractivity contribution in [2.75, 3.05) is 10.6 Å². The van der Waals surface area contributed by atoms with E-state index in [9.17, 15) is 0 Å². The van der Waals surface area contributed by atoms with E-state index in [2.05, 4.69) is 70.8 Å². The third-order valence-corrected chi connectivity index (χ3v) is 4.02. The Labute approximate surface area is 143 Å². The zero-order valence-corrected chi connectivity index (χ0v) is 14.1. The highest BCUT2D eigenvalue weighted by atomic mass is 15.1. The molecule has 0 amide bonds. The van der Waals surface area contributed by atoms with Gasteiger partial charge < -0.3 is 10.6 Å². The first-order chi connectivity index (χ1) is 11.8. The lowest BCUT2D eigenvalue weighted by Crippen LogP contribution is -2.05. The van der Waals surface area contributed by atoms with Gasteiger partial charge in [0.15, 0.2) is 0 Å². The standard InChI is InChI=1S/C20H22N4/c1-3-16-9-6-7-11-18(16)23-20-21-13-12-19(24-20)22-14-17-10-5-4-8-15(17)2/h4-13H,3,14H2,1-2H3,(H2,21,22,23,24). The van der Waals surface area contributed by atoms with Crippen LogP contribution < -0.4 is 10.6 Å². The van der Waals surface area contributed by atoms with Gasteiger partial charge in [0.25, 0.3) is 0 Å². The summed E-state index contributed by atoms with van der Waals surface area (Å²) in [6.07, 6.45) is 2.73. The largest absolute Gasteiger partial charge is 0.366 e. The van der Waals surface area contributed by atoms with Crippen LogP contribution in [0.5, 0.6) is 0 Å². The molecule has 4 nitrogen and oxygen atoms in total. The van der Waals surface area contributed by atoms with Gasteiger partial charge in [-0.1, -0.05) is 49.4 Å². The number of aryl methyl sites for hydroxylation is 2. The summed E-state index contributed by atoms with van der Waals surface area (Å²) in [4.78, 5) is 8.88. The van der Waals surface area contributed by atoms with Crippen LogP contribution in [0.3, 0.4) is 0 Å². The van der Waals surface area contributed by atoms with Crippen molar-refractivity contribution in [2.45, 2.75) is 26.8 Å². The topological polar surface area (TPSA) is 49.8 Å². The highest BCUT2D eigenvalue weighted by Crippen LogP contribution is 2.20. The van der Waals surface area contributed by atoms with Crippen LogP contribution in [0.25, 0.3) is 0 Å². The molecule has 0 fully saturated rings. The molecule has 0 atom stereocenters. The van der Waals surface area contributed by atoms with Crippen molar-refractivity contribution in [1.82, 2.24) is 9.97 Å². The van der Waals surface area contributed by atoms with Gasteiger partial charge in [-0.3, -0.25) is 0 Å². The van der Waals surface area contributed by atoms with E-state index in [4.69, 9.17) is 0 Å². The van der Waals surface area contributed by atoms with Gasteiger partial charge in [0, 0.05) is 18.4 Å². The van der Waals surface area contributed by atoms with E-state index in [0.29, 0.717) is 5.95 Å². The van der Waals surface area contributed by atoms with Crippen LogP contribution in [0, 0.1) is 6.92 Å². The van der Waals surface area contributed by atoms with Crippen LogP contribution >= 0.6 is 0 Å². The number of nitrogens with one attached hydrogen (secondary N) is 2. The van der Waals surface area contributed by atoms with Gasteiger partial charge in [0.2, 0.25) is 5.95 Å². The number of rotatable bonds is 6. The average molecular weight is 318 g/mol. The molecule has 1 heterocycles. The SMILES string of the molecule is CCc1ccccc1Nc1nccc(NCc2ccccc2C)n1. The Bertz CT molecular complexity index is 814. The molecule has 0 saturated carbocycles. The summed E-state index contributed by atoms with van der Waals surface area (Å²) >= 11 is 0. The van der Waals surface area contributed by atoms with Gasteiger partial charge in [-0.2, -0.15) is 4.98 Å². The zero-order valence-electron chi connectivity index (χ0n) is 14.1. The van der Waals surface area contributed by atoms with Crippen molar-refractivity contribution in [3.05, 3.63) is 77.5 Å². The van der Waals surface area contributed by atoms with Gasteiger partial charge >= 0.3 is 0 Å². The fourth-order valence-corrected chi connectivity index (χ4v) is 2.58. The van der Waals surface area contributed by atoms with Crippen LogP contribution in [-0.2, 0) is 13.0 Å².